The average molecular weight is 320 g/mol. The zero-order chi connectivity index (χ0) is 15.6. The van der Waals surface area contributed by atoms with Gasteiger partial charge < -0.3 is 4.90 Å². The van der Waals surface area contributed by atoms with E-state index in [2.05, 4.69) is 76.8 Å². The normalized spacial score (nSPS) is 18.2. The van der Waals surface area contributed by atoms with E-state index in [4.69, 9.17) is 0 Å². The van der Waals surface area contributed by atoms with Crippen LogP contribution in [0.5, 0.6) is 0 Å². The van der Waals surface area contributed by atoms with Gasteiger partial charge in [0.25, 0.3) is 0 Å². The molecule has 0 amide bonds. The molecule has 3 heteroatoms. The maximum Gasteiger partial charge on any atom is 0.167 e. The van der Waals surface area contributed by atoms with Gasteiger partial charge in [-0.25, -0.2) is 0 Å². The molecule has 2 heterocycles. The van der Waals surface area contributed by atoms with Gasteiger partial charge in [0.1, 0.15) is 0 Å². The maximum atomic E-state index is 4.68. The molecule has 0 aliphatic carbocycles. The van der Waals surface area contributed by atoms with E-state index in [1.165, 1.54) is 27.6 Å². The topological polar surface area (TPSA) is 15.6 Å². The van der Waals surface area contributed by atoms with Crippen molar-refractivity contribution in [3.05, 3.63) is 82.4 Å². The van der Waals surface area contributed by atoms with E-state index < -0.39 is 0 Å². The minimum absolute atomic E-state index is 0.273. The number of aliphatic imine (C=N–C) groups is 1. The second kappa shape index (κ2) is 6.25. The molecule has 4 rings (SSSR count). The molecule has 0 radical (unpaired) electrons. The number of rotatable bonds is 3. The lowest BCUT2D eigenvalue weighted by Gasteiger charge is -2.30. The molecule has 0 saturated carbocycles. The molecule has 2 aliphatic heterocycles. The van der Waals surface area contributed by atoms with Crippen LogP contribution in [0.4, 0.5) is 0 Å². The molecule has 116 valence electrons. The second-order valence-electron chi connectivity index (χ2n) is 6.08. The molecule has 0 fully saturated rings. The van der Waals surface area contributed by atoms with Crippen LogP contribution >= 0.6 is 11.8 Å². The third-order valence-electron chi connectivity index (χ3n) is 4.45. The van der Waals surface area contributed by atoms with Crippen molar-refractivity contribution in [2.45, 2.75) is 19.3 Å². The standard InChI is InChI=1S/C20H20N2S/c1-15-8-10-17(11-9-15)19(16-6-3-2-4-7-16)18-14-23-20-21-12-5-13-22(18)20/h2-4,6-11,14,19H,5,12-13H2,1H3. The van der Waals surface area contributed by atoms with E-state index >= 15 is 0 Å². The monoisotopic (exact) mass is 320 g/mol. The highest BCUT2D eigenvalue weighted by Gasteiger charge is 2.31. The van der Waals surface area contributed by atoms with Gasteiger partial charge in [-0.3, -0.25) is 4.99 Å². The summed E-state index contributed by atoms with van der Waals surface area (Å²) in [6.45, 7) is 4.18. The number of aryl methyl sites for hydroxylation is 1. The SMILES string of the molecule is Cc1ccc(C(C2=CSC3=NCCCN23)c2ccccc2)cc1. The summed E-state index contributed by atoms with van der Waals surface area (Å²) in [6, 6.07) is 19.7. The summed E-state index contributed by atoms with van der Waals surface area (Å²) < 4.78 is 0. The van der Waals surface area contributed by atoms with Crippen LogP contribution in [-0.2, 0) is 0 Å². The van der Waals surface area contributed by atoms with Crippen LogP contribution in [0, 0.1) is 6.92 Å². The number of allylic oxidation sites excluding steroid dienone is 1. The summed E-state index contributed by atoms with van der Waals surface area (Å²) in [5, 5.41) is 3.46. The summed E-state index contributed by atoms with van der Waals surface area (Å²) in [4.78, 5) is 7.09. The summed E-state index contributed by atoms with van der Waals surface area (Å²) >= 11 is 1.77. The number of benzene rings is 2. The minimum atomic E-state index is 0.273. The van der Waals surface area contributed by atoms with E-state index in [0.29, 0.717) is 0 Å². The zero-order valence-corrected chi connectivity index (χ0v) is 14.1. The van der Waals surface area contributed by atoms with E-state index in [0.717, 1.165) is 19.5 Å². The molecular formula is C20H20N2S. The van der Waals surface area contributed by atoms with Crippen molar-refractivity contribution in [3.63, 3.8) is 0 Å². The number of amidine groups is 1. The lowest BCUT2D eigenvalue weighted by Crippen LogP contribution is -2.32. The Morgan fingerprint density at radius 3 is 2.52 bits per heavy atom. The highest BCUT2D eigenvalue weighted by atomic mass is 32.2. The van der Waals surface area contributed by atoms with Gasteiger partial charge in [-0.05, 0) is 29.9 Å². The van der Waals surface area contributed by atoms with Crippen LogP contribution in [-0.4, -0.2) is 23.2 Å². The van der Waals surface area contributed by atoms with Gasteiger partial charge in [0.15, 0.2) is 5.17 Å². The molecule has 0 saturated heterocycles. The van der Waals surface area contributed by atoms with Crippen molar-refractivity contribution < 1.29 is 0 Å². The molecule has 1 unspecified atom stereocenters. The van der Waals surface area contributed by atoms with Crippen molar-refractivity contribution in [2.24, 2.45) is 4.99 Å². The van der Waals surface area contributed by atoms with Crippen molar-refractivity contribution >= 4 is 16.9 Å². The van der Waals surface area contributed by atoms with Crippen LogP contribution in [0.25, 0.3) is 0 Å². The number of hydrogen-bond donors (Lipinski definition) is 0. The Bertz CT molecular complexity index is 747. The third-order valence-corrected chi connectivity index (χ3v) is 5.37. The molecule has 2 aromatic rings. The number of fused-ring (bicyclic) bond motifs is 1. The molecule has 1 atom stereocenters. The van der Waals surface area contributed by atoms with Crippen LogP contribution in [0.1, 0.15) is 29.0 Å². The Morgan fingerprint density at radius 1 is 1.00 bits per heavy atom. The maximum absolute atomic E-state index is 4.68. The van der Waals surface area contributed by atoms with E-state index in [1.54, 1.807) is 11.8 Å². The first-order valence-electron chi connectivity index (χ1n) is 8.13. The third kappa shape index (κ3) is 2.81. The number of nitrogens with zero attached hydrogens (tertiary/aromatic N) is 2. The van der Waals surface area contributed by atoms with Gasteiger partial charge in [0.05, 0.1) is 0 Å². The van der Waals surface area contributed by atoms with E-state index in [9.17, 15) is 0 Å². The predicted molar refractivity (Wildman–Crippen MR) is 98.8 cm³/mol. The fourth-order valence-electron chi connectivity index (χ4n) is 3.26. The van der Waals surface area contributed by atoms with Gasteiger partial charge in [0.2, 0.25) is 0 Å². The Balaban J connectivity index is 1.78. The Hall–Kier alpha value is -2.00. The summed E-state index contributed by atoms with van der Waals surface area (Å²) in [6.07, 6.45) is 1.14. The van der Waals surface area contributed by atoms with Crippen molar-refractivity contribution in [1.29, 1.82) is 0 Å². The van der Waals surface area contributed by atoms with Gasteiger partial charge >= 0.3 is 0 Å². The first-order valence-corrected chi connectivity index (χ1v) is 9.01. The fraction of sp³-hybridized carbons (Fsp3) is 0.250. The minimum Gasteiger partial charge on any atom is -0.323 e. The van der Waals surface area contributed by atoms with E-state index in [-0.39, 0.29) is 5.92 Å². The van der Waals surface area contributed by atoms with E-state index in [1.807, 2.05) is 0 Å². The van der Waals surface area contributed by atoms with Gasteiger partial charge in [-0.2, -0.15) is 0 Å². The van der Waals surface area contributed by atoms with Crippen molar-refractivity contribution in [2.75, 3.05) is 13.1 Å². The van der Waals surface area contributed by atoms with Crippen LogP contribution in [0.15, 0.2) is 70.7 Å². The Morgan fingerprint density at radius 2 is 1.74 bits per heavy atom. The fourth-order valence-corrected chi connectivity index (χ4v) is 4.24. The Labute approximate surface area is 141 Å². The molecule has 0 N–H and O–H groups in total. The van der Waals surface area contributed by atoms with Crippen LogP contribution < -0.4 is 0 Å². The van der Waals surface area contributed by atoms with Crippen molar-refractivity contribution in [1.82, 2.24) is 4.90 Å². The zero-order valence-electron chi connectivity index (χ0n) is 13.3. The molecular weight excluding hydrogens is 300 g/mol. The quantitative estimate of drug-likeness (QED) is 0.809. The first kappa shape index (κ1) is 14.6. The predicted octanol–water partition coefficient (Wildman–Crippen LogP) is 4.78. The van der Waals surface area contributed by atoms with Crippen LogP contribution in [0.2, 0.25) is 0 Å². The highest BCUT2D eigenvalue weighted by molar-refractivity contribution is 8.16. The summed E-state index contributed by atoms with van der Waals surface area (Å²) in [7, 11) is 0. The Kier molecular flexibility index (Phi) is 3.96. The molecule has 0 spiro atoms. The average Bonchev–Trinajstić information content (AvgIpc) is 3.02. The molecule has 23 heavy (non-hydrogen) atoms. The number of hydrogen-bond acceptors (Lipinski definition) is 3. The molecule has 0 bridgehead atoms. The second-order valence-corrected chi connectivity index (χ2v) is 6.92. The van der Waals surface area contributed by atoms with Crippen LogP contribution in [0.3, 0.4) is 0 Å². The lowest BCUT2D eigenvalue weighted by atomic mass is 9.88. The summed E-state index contributed by atoms with van der Waals surface area (Å²) in [5.41, 5.74) is 5.36. The largest absolute Gasteiger partial charge is 0.323 e. The van der Waals surface area contributed by atoms with Gasteiger partial charge in [-0.1, -0.05) is 71.9 Å². The van der Waals surface area contributed by atoms with Gasteiger partial charge in [0, 0.05) is 24.7 Å². The molecule has 2 aliphatic rings. The van der Waals surface area contributed by atoms with Crippen molar-refractivity contribution in [3.8, 4) is 0 Å². The van der Waals surface area contributed by atoms with Gasteiger partial charge in [-0.15, -0.1) is 0 Å². The first-order chi connectivity index (χ1) is 11.3. The lowest BCUT2D eigenvalue weighted by molar-refractivity contribution is 0.465. The number of thioether (sulfide) groups is 1. The molecule has 0 aromatic heterocycles. The smallest absolute Gasteiger partial charge is 0.167 e. The summed E-state index contributed by atoms with van der Waals surface area (Å²) in [5.74, 6) is 0.273. The molecule has 2 aromatic carbocycles. The molecule has 2 nitrogen and oxygen atoms in total. The highest BCUT2D eigenvalue weighted by Crippen LogP contribution is 2.41.